The molecule has 0 saturated heterocycles. The van der Waals surface area contributed by atoms with Crippen molar-refractivity contribution in [2.24, 2.45) is 0 Å². The molecule has 1 heterocycles. The first-order valence-corrected chi connectivity index (χ1v) is 8.58. The molecule has 0 unspecified atom stereocenters. The van der Waals surface area contributed by atoms with Gasteiger partial charge in [-0.25, -0.2) is 8.42 Å². The Morgan fingerprint density at radius 1 is 1.14 bits per heavy atom. The number of aromatic amines is 1. The van der Waals surface area contributed by atoms with Crippen molar-refractivity contribution in [3.8, 4) is 5.75 Å². The van der Waals surface area contributed by atoms with Gasteiger partial charge in [-0.1, -0.05) is 11.3 Å². The van der Waals surface area contributed by atoms with Gasteiger partial charge < -0.3 is 9.72 Å². The number of fused-ring (bicyclic) bond motifs is 1. The van der Waals surface area contributed by atoms with Crippen LogP contribution in [0.4, 0.5) is 5.69 Å². The highest BCUT2D eigenvalue weighted by molar-refractivity contribution is 7.92. The van der Waals surface area contributed by atoms with Crippen LogP contribution in [0.2, 0.25) is 0 Å². The number of H-pyrrole nitrogens is 1. The Morgan fingerprint density at radius 3 is 2.55 bits per heavy atom. The largest absolute Gasteiger partial charge is 0.497 e. The molecule has 0 aliphatic carbocycles. The van der Waals surface area contributed by atoms with Crippen molar-refractivity contribution in [1.82, 2.24) is 4.98 Å². The van der Waals surface area contributed by atoms with Gasteiger partial charge in [0.25, 0.3) is 10.0 Å². The summed E-state index contributed by atoms with van der Waals surface area (Å²) in [7, 11) is -2.18. The zero-order chi connectivity index (χ0) is 15.7. The second-order valence-electron chi connectivity index (χ2n) is 4.51. The first-order valence-electron chi connectivity index (χ1n) is 6.28. The first kappa shape index (κ1) is 14.6. The summed E-state index contributed by atoms with van der Waals surface area (Å²) >= 11 is 0.974. The molecule has 6 nitrogen and oxygen atoms in total. The Labute approximate surface area is 130 Å². The number of methoxy groups -OCH3 is 1. The molecule has 3 aromatic rings. The summed E-state index contributed by atoms with van der Waals surface area (Å²) in [4.78, 5) is 13.8. The molecular formula is C14H12N2O4S2. The third kappa shape index (κ3) is 2.83. The van der Waals surface area contributed by atoms with E-state index in [0.717, 1.165) is 11.3 Å². The molecule has 0 atom stereocenters. The van der Waals surface area contributed by atoms with Gasteiger partial charge in [0.2, 0.25) is 0 Å². The summed E-state index contributed by atoms with van der Waals surface area (Å²) in [6.07, 6.45) is 0. The predicted molar refractivity (Wildman–Crippen MR) is 86.2 cm³/mol. The monoisotopic (exact) mass is 336 g/mol. The maximum Gasteiger partial charge on any atom is 0.305 e. The van der Waals surface area contributed by atoms with Crippen LogP contribution in [-0.4, -0.2) is 20.5 Å². The molecular weight excluding hydrogens is 324 g/mol. The Balaban J connectivity index is 1.94. The first-order chi connectivity index (χ1) is 10.5. The number of aromatic nitrogens is 1. The average Bonchev–Trinajstić information content (AvgIpc) is 2.86. The second-order valence-corrected chi connectivity index (χ2v) is 7.20. The lowest BCUT2D eigenvalue weighted by molar-refractivity contribution is 0.415. The lowest BCUT2D eigenvalue weighted by atomic mass is 10.3. The SMILES string of the molecule is COc1ccc(NS(=O)(=O)c2ccc3[nH]c(=O)sc3c2)cc1. The number of rotatable bonds is 4. The summed E-state index contributed by atoms with van der Waals surface area (Å²) < 4.78 is 32.9. The molecule has 1 aromatic heterocycles. The van der Waals surface area contributed by atoms with Crippen molar-refractivity contribution in [3.63, 3.8) is 0 Å². The summed E-state index contributed by atoms with van der Waals surface area (Å²) in [5.41, 5.74) is 1.06. The molecule has 0 bridgehead atoms. The quantitative estimate of drug-likeness (QED) is 0.766. The van der Waals surface area contributed by atoms with E-state index in [4.69, 9.17) is 4.74 Å². The normalized spacial score (nSPS) is 11.5. The highest BCUT2D eigenvalue weighted by Gasteiger charge is 2.15. The molecule has 0 aliphatic rings. The van der Waals surface area contributed by atoms with E-state index >= 15 is 0 Å². The number of sulfonamides is 1. The summed E-state index contributed by atoms with van der Waals surface area (Å²) in [6, 6.07) is 11.1. The molecule has 0 saturated carbocycles. The van der Waals surface area contributed by atoms with Gasteiger partial charge in [0.1, 0.15) is 5.75 Å². The lowest BCUT2D eigenvalue weighted by Gasteiger charge is -2.08. The third-order valence-corrected chi connectivity index (χ3v) is 5.27. The summed E-state index contributed by atoms with van der Waals surface area (Å²) in [6.45, 7) is 0. The Kier molecular flexibility index (Phi) is 3.63. The molecule has 2 N–H and O–H groups in total. The van der Waals surface area contributed by atoms with Crippen LogP contribution >= 0.6 is 11.3 Å². The van der Waals surface area contributed by atoms with Gasteiger partial charge in [-0.05, 0) is 42.5 Å². The zero-order valence-corrected chi connectivity index (χ0v) is 13.1. The van der Waals surface area contributed by atoms with E-state index in [2.05, 4.69) is 9.71 Å². The topological polar surface area (TPSA) is 88.3 Å². The highest BCUT2D eigenvalue weighted by atomic mass is 32.2. The number of nitrogens with one attached hydrogen (secondary N) is 2. The molecule has 0 aliphatic heterocycles. The van der Waals surface area contributed by atoms with Crippen LogP contribution in [-0.2, 0) is 10.0 Å². The van der Waals surface area contributed by atoms with E-state index in [1.165, 1.54) is 19.2 Å². The van der Waals surface area contributed by atoms with Gasteiger partial charge >= 0.3 is 4.87 Å². The molecule has 0 radical (unpaired) electrons. The van der Waals surface area contributed by atoms with Crippen LogP contribution in [0.15, 0.2) is 52.2 Å². The van der Waals surface area contributed by atoms with Crippen LogP contribution in [0.1, 0.15) is 0 Å². The predicted octanol–water partition coefficient (Wildman–Crippen LogP) is 2.40. The fourth-order valence-corrected chi connectivity index (χ4v) is 3.90. The van der Waals surface area contributed by atoms with Crippen LogP contribution in [0, 0.1) is 0 Å². The molecule has 0 fully saturated rings. The van der Waals surface area contributed by atoms with E-state index in [9.17, 15) is 13.2 Å². The minimum absolute atomic E-state index is 0.103. The highest BCUT2D eigenvalue weighted by Crippen LogP contribution is 2.23. The van der Waals surface area contributed by atoms with Gasteiger partial charge in [-0.15, -0.1) is 0 Å². The molecule has 114 valence electrons. The van der Waals surface area contributed by atoms with E-state index < -0.39 is 10.0 Å². The number of benzene rings is 2. The van der Waals surface area contributed by atoms with Crippen LogP contribution in [0.5, 0.6) is 5.75 Å². The van der Waals surface area contributed by atoms with Gasteiger partial charge in [-0.2, -0.15) is 0 Å². The number of thiazole rings is 1. The van der Waals surface area contributed by atoms with Crippen LogP contribution < -0.4 is 14.3 Å². The Morgan fingerprint density at radius 2 is 1.86 bits per heavy atom. The van der Waals surface area contributed by atoms with Gasteiger partial charge in [-0.3, -0.25) is 9.52 Å². The van der Waals surface area contributed by atoms with Crippen molar-refractivity contribution in [1.29, 1.82) is 0 Å². The van der Waals surface area contributed by atoms with Crippen molar-refractivity contribution in [2.75, 3.05) is 11.8 Å². The number of anilines is 1. The summed E-state index contributed by atoms with van der Waals surface area (Å²) in [5.74, 6) is 0.640. The smallest absolute Gasteiger partial charge is 0.305 e. The summed E-state index contributed by atoms with van der Waals surface area (Å²) in [5, 5.41) is 0. The van der Waals surface area contributed by atoms with Crippen molar-refractivity contribution in [2.45, 2.75) is 4.90 Å². The lowest BCUT2D eigenvalue weighted by Crippen LogP contribution is -2.12. The minimum Gasteiger partial charge on any atom is -0.497 e. The fraction of sp³-hybridized carbons (Fsp3) is 0.0714. The number of ether oxygens (including phenoxy) is 1. The maximum atomic E-state index is 12.4. The molecule has 2 aromatic carbocycles. The minimum atomic E-state index is -3.72. The van der Waals surface area contributed by atoms with E-state index in [1.807, 2.05) is 0 Å². The van der Waals surface area contributed by atoms with Gasteiger partial charge in [0.05, 0.1) is 22.2 Å². The van der Waals surface area contributed by atoms with Crippen LogP contribution in [0.3, 0.4) is 0 Å². The molecule has 8 heteroatoms. The average molecular weight is 336 g/mol. The standard InChI is InChI=1S/C14H12N2O4S2/c1-20-10-4-2-9(3-5-10)16-22(18,19)11-6-7-12-13(8-11)21-14(17)15-12/h2-8,16H,1H3,(H,15,17). The molecule has 0 amide bonds. The zero-order valence-electron chi connectivity index (χ0n) is 11.5. The van der Waals surface area contributed by atoms with Gasteiger partial charge in [0, 0.05) is 5.69 Å². The second kappa shape index (κ2) is 5.47. The van der Waals surface area contributed by atoms with E-state index in [0.29, 0.717) is 21.7 Å². The Bertz CT molecular complexity index is 972. The fourth-order valence-electron chi connectivity index (χ4n) is 1.97. The maximum absolute atomic E-state index is 12.4. The Hall–Kier alpha value is -2.32. The van der Waals surface area contributed by atoms with Gasteiger partial charge in [0.15, 0.2) is 0 Å². The molecule has 22 heavy (non-hydrogen) atoms. The van der Waals surface area contributed by atoms with E-state index in [-0.39, 0.29) is 9.77 Å². The number of hydrogen-bond donors (Lipinski definition) is 2. The van der Waals surface area contributed by atoms with E-state index in [1.54, 1.807) is 30.3 Å². The van der Waals surface area contributed by atoms with Crippen molar-refractivity contribution < 1.29 is 13.2 Å². The molecule has 0 spiro atoms. The van der Waals surface area contributed by atoms with Crippen molar-refractivity contribution >= 4 is 37.3 Å². The van der Waals surface area contributed by atoms with Crippen LogP contribution in [0.25, 0.3) is 10.2 Å². The van der Waals surface area contributed by atoms with Crippen molar-refractivity contribution in [3.05, 3.63) is 52.1 Å². The number of hydrogen-bond acceptors (Lipinski definition) is 5. The molecule has 3 rings (SSSR count). The third-order valence-electron chi connectivity index (χ3n) is 3.04.